The first-order valence-corrected chi connectivity index (χ1v) is 8.88. The predicted octanol–water partition coefficient (Wildman–Crippen LogP) is 0.685. The number of furan rings is 1. The summed E-state index contributed by atoms with van der Waals surface area (Å²) in [6.45, 7) is 4.61. The number of unbranched alkanes of at least 4 members (excludes halogenated alkanes) is 1. The lowest BCUT2D eigenvalue weighted by Gasteiger charge is -2.36. The second-order valence-electron chi connectivity index (χ2n) is 6.14. The Morgan fingerprint density at radius 2 is 1.92 bits per heavy atom. The van der Waals surface area contributed by atoms with Crippen LogP contribution in [0, 0.1) is 0 Å². The number of hydrogen-bond acceptors (Lipinski definition) is 5. The zero-order chi connectivity index (χ0) is 18.2. The molecule has 1 aliphatic heterocycles. The van der Waals surface area contributed by atoms with Crippen LogP contribution in [-0.4, -0.2) is 76.2 Å². The van der Waals surface area contributed by atoms with Gasteiger partial charge in [-0.25, -0.2) is 0 Å². The Morgan fingerprint density at radius 1 is 1.19 bits per heavy atom. The van der Waals surface area contributed by atoms with Crippen molar-refractivity contribution < 1.29 is 9.21 Å². The Labute approximate surface area is 152 Å². The summed E-state index contributed by atoms with van der Waals surface area (Å²) in [5, 5.41) is 11.0. The summed E-state index contributed by atoms with van der Waals surface area (Å²) in [5.74, 6) is 1.24. The SMILES string of the molecule is CN=C(NCCCCn1cnnc1)N1CCN(C(=O)c2ccco2)CC1. The smallest absolute Gasteiger partial charge is 0.289 e. The van der Waals surface area contributed by atoms with Crippen LogP contribution < -0.4 is 5.32 Å². The molecular weight excluding hydrogens is 334 g/mol. The van der Waals surface area contributed by atoms with Gasteiger partial charge in [0, 0.05) is 46.3 Å². The number of guanidine groups is 1. The number of nitrogens with one attached hydrogen (secondary N) is 1. The number of aromatic nitrogens is 3. The molecule has 2 aromatic rings. The molecule has 2 aromatic heterocycles. The van der Waals surface area contributed by atoms with Gasteiger partial charge in [-0.3, -0.25) is 9.79 Å². The van der Waals surface area contributed by atoms with Crippen molar-refractivity contribution in [3.8, 4) is 0 Å². The molecule has 0 radical (unpaired) electrons. The van der Waals surface area contributed by atoms with Gasteiger partial charge in [0.2, 0.25) is 0 Å². The molecule has 0 bridgehead atoms. The molecule has 1 N–H and O–H groups in total. The lowest BCUT2D eigenvalue weighted by Crippen LogP contribution is -2.53. The molecule has 0 spiro atoms. The van der Waals surface area contributed by atoms with Crippen molar-refractivity contribution in [3.05, 3.63) is 36.8 Å². The number of rotatable bonds is 6. The summed E-state index contributed by atoms with van der Waals surface area (Å²) in [6.07, 6.45) is 7.08. The number of carbonyl (C=O) groups is 1. The molecule has 0 saturated carbocycles. The van der Waals surface area contributed by atoms with Crippen LogP contribution >= 0.6 is 0 Å². The number of piperazine rings is 1. The molecule has 26 heavy (non-hydrogen) atoms. The van der Waals surface area contributed by atoms with Gasteiger partial charge in [-0.05, 0) is 25.0 Å². The molecule has 0 unspecified atom stereocenters. The summed E-state index contributed by atoms with van der Waals surface area (Å²) in [6, 6.07) is 3.44. The van der Waals surface area contributed by atoms with Crippen LogP contribution in [0.4, 0.5) is 0 Å². The van der Waals surface area contributed by atoms with Crippen molar-refractivity contribution in [2.24, 2.45) is 4.99 Å². The summed E-state index contributed by atoms with van der Waals surface area (Å²) in [7, 11) is 1.79. The molecule has 140 valence electrons. The minimum absolute atomic E-state index is 0.0495. The van der Waals surface area contributed by atoms with Crippen molar-refractivity contribution in [3.63, 3.8) is 0 Å². The van der Waals surface area contributed by atoms with Crippen LogP contribution in [0.1, 0.15) is 23.4 Å². The van der Waals surface area contributed by atoms with E-state index in [0.29, 0.717) is 18.8 Å². The number of amides is 1. The molecule has 9 nitrogen and oxygen atoms in total. The van der Waals surface area contributed by atoms with E-state index >= 15 is 0 Å². The van der Waals surface area contributed by atoms with E-state index in [1.54, 1.807) is 31.8 Å². The Morgan fingerprint density at radius 3 is 2.58 bits per heavy atom. The van der Waals surface area contributed by atoms with Gasteiger partial charge in [-0.2, -0.15) is 0 Å². The van der Waals surface area contributed by atoms with Crippen LogP contribution in [0.5, 0.6) is 0 Å². The summed E-state index contributed by atoms with van der Waals surface area (Å²) < 4.78 is 7.17. The fourth-order valence-electron chi connectivity index (χ4n) is 2.97. The van der Waals surface area contributed by atoms with Gasteiger partial charge >= 0.3 is 0 Å². The van der Waals surface area contributed by atoms with Gasteiger partial charge in [-0.15, -0.1) is 10.2 Å². The van der Waals surface area contributed by atoms with E-state index in [4.69, 9.17) is 4.42 Å². The fraction of sp³-hybridized carbons (Fsp3) is 0.529. The highest BCUT2D eigenvalue weighted by molar-refractivity contribution is 5.91. The molecule has 1 aliphatic rings. The minimum atomic E-state index is -0.0495. The maximum Gasteiger partial charge on any atom is 0.289 e. The molecule has 1 saturated heterocycles. The fourth-order valence-corrected chi connectivity index (χ4v) is 2.97. The lowest BCUT2D eigenvalue weighted by atomic mass is 10.3. The molecule has 1 amide bonds. The van der Waals surface area contributed by atoms with E-state index in [1.807, 2.05) is 9.47 Å². The van der Waals surface area contributed by atoms with Crippen LogP contribution in [0.25, 0.3) is 0 Å². The molecule has 1 fully saturated rings. The number of aryl methyl sites for hydroxylation is 1. The molecule has 3 heterocycles. The lowest BCUT2D eigenvalue weighted by molar-refractivity contribution is 0.0657. The maximum atomic E-state index is 12.3. The Kier molecular flexibility index (Phi) is 6.24. The number of carbonyl (C=O) groups excluding carboxylic acids is 1. The van der Waals surface area contributed by atoms with E-state index in [0.717, 1.165) is 45.0 Å². The Hall–Kier alpha value is -2.84. The highest BCUT2D eigenvalue weighted by atomic mass is 16.3. The van der Waals surface area contributed by atoms with Crippen molar-refractivity contribution in [2.45, 2.75) is 19.4 Å². The van der Waals surface area contributed by atoms with Gasteiger partial charge in [0.1, 0.15) is 12.7 Å². The van der Waals surface area contributed by atoms with Gasteiger partial charge in [0.15, 0.2) is 11.7 Å². The van der Waals surface area contributed by atoms with Crippen molar-refractivity contribution in [1.29, 1.82) is 0 Å². The predicted molar refractivity (Wildman–Crippen MR) is 96.8 cm³/mol. The molecular formula is C17H25N7O2. The van der Waals surface area contributed by atoms with E-state index < -0.39 is 0 Å². The maximum absolute atomic E-state index is 12.3. The molecule has 0 aromatic carbocycles. The third-order valence-electron chi connectivity index (χ3n) is 4.40. The summed E-state index contributed by atoms with van der Waals surface area (Å²) in [5.41, 5.74) is 0. The van der Waals surface area contributed by atoms with Crippen LogP contribution in [0.2, 0.25) is 0 Å². The largest absolute Gasteiger partial charge is 0.459 e. The van der Waals surface area contributed by atoms with Gasteiger partial charge in [0.25, 0.3) is 5.91 Å². The average molecular weight is 359 g/mol. The second kappa shape index (κ2) is 9.02. The monoisotopic (exact) mass is 359 g/mol. The number of aliphatic imine (C=N–C) groups is 1. The molecule has 0 atom stereocenters. The summed E-state index contributed by atoms with van der Waals surface area (Å²) >= 11 is 0. The van der Waals surface area contributed by atoms with Gasteiger partial charge in [0.05, 0.1) is 6.26 Å². The van der Waals surface area contributed by atoms with E-state index in [-0.39, 0.29) is 5.91 Å². The zero-order valence-corrected chi connectivity index (χ0v) is 15.0. The standard InChI is InChI=1S/C17H25N7O2/c1-18-17(19-6-2-3-7-22-13-20-21-14-22)24-10-8-23(9-11-24)16(25)15-5-4-12-26-15/h4-5,12-14H,2-3,6-11H2,1H3,(H,18,19). The summed E-state index contributed by atoms with van der Waals surface area (Å²) in [4.78, 5) is 20.7. The number of hydrogen-bond donors (Lipinski definition) is 1. The van der Waals surface area contributed by atoms with Gasteiger partial charge in [-0.1, -0.05) is 0 Å². The Bertz CT molecular complexity index is 689. The van der Waals surface area contributed by atoms with E-state index in [9.17, 15) is 4.79 Å². The van der Waals surface area contributed by atoms with Crippen LogP contribution in [0.15, 0.2) is 40.5 Å². The first-order valence-electron chi connectivity index (χ1n) is 8.88. The third-order valence-corrected chi connectivity index (χ3v) is 4.40. The highest BCUT2D eigenvalue weighted by Crippen LogP contribution is 2.09. The third kappa shape index (κ3) is 4.62. The van der Waals surface area contributed by atoms with Crippen LogP contribution in [0.3, 0.4) is 0 Å². The second-order valence-corrected chi connectivity index (χ2v) is 6.14. The topological polar surface area (TPSA) is 91.8 Å². The van der Waals surface area contributed by atoms with Crippen molar-refractivity contribution >= 4 is 11.9 Å². The quantitative estimate of drug-likeness (QED) is 0.463. The highest BCUT2D eigenvalue weighted by Gasteiger charge is 2.24. The normalized spacial score (nSPS) is 15.3. The van der Waals surface area contributed by atoms with E-state index in [1.165, 1.54) is 6.26 Å². The first-order chi connectivity index (χ1) is 12.8. The van der Waals surface area contributed by atoms with Crippen molar-refractivity contribution in [1.82, 2.24) is 29.9 Å². The van der Waals surface area contributed by atoms with E-state index in [2.05, 4.69) is 25.4 Å². The molecule has 3 rings (SSSR count). The Balaban J connectivity index is 1.37. The van der Waals surface area contributed by atoms with Crippen molar-refractivity contribution in [2.75, 3.05) is 39.8 Å². The molecule has 9 heteroatoms. The number of nitrogens with zero attached hydrogens (tertiary/aromatic N) is 6. The average Bonchev–Trinajstić information content (AvgIpc) is 3.38. The first kappa shape index (κ1) is 18.0. The minimum Gasteiger partial charge on any atom is -0.459 e. The molecule has 0 aliphatic carbocycles. The van der Waals surface area contributed by atoms with Gasteiger partial charge < -0.3 is 24.1 Å². The van der Waals surface area contributed by atoms with Crippen LogP contribution in [-0.2, 0) is 6.54 Å². The zero-order valence-electron chi connectivity index (χ0n) is 15.0.